The predicted molar refractivity (Wildman–Crippen MR) is 90.7 cm³/mol. The Morgan fingerprint density at radius 1 is 1.50 bits per heavy atom. The van der Waals surface area contributed by atoms with Crippen LogP contribution < -0.4 is 5.32 Å². The molecular formula is C16H22N4O3S. The summed E-state index contributed by atoms with van der Waals surface area (Å²) >= 11 is 1.39. The van der Waals surface area contributed by atoms with Crippen molar-refractivity contribution in [3.8, 4) is 11.6 Å². The van der Waals surface area contributed by atoms with Gasteiger partial charge >= 0.3 is 0 Å². The maximum absolute atomic E-state index is 11.8. The van der Waals surface area contributed by atoms with Crippen LogP contribution in [0.15, 0.2) is 28.0 Å². The summed E-state index contributed by atoms with van der Waals surface area (Å²) in [6.07, 6.45) is 4.80. The van der Waals surface area contributed by atoms with Crippen molar-refractivity contribution in [2.75, 3.05) is 18.9 Å². The molecule has 0 saturated carbocycles. The monoisotopic (exact) mass is 350 g/mol. The number of amides is 1. The van der Waals surface area contributed by atoms with Crippen molar-refractivity contribution < 1.29 is 13.9 Å². The molecule has 0 bridgehead atoms. The highest BCUT2D eigenvalue weighted by atomic mass is 32.2. The summed E-state index contributed by atoms with van der Waals surface area (Å²) in [7, 11) is 0. The van der Waals surface area contributed by atoms with Crippen LogP contribution in [0.4, 0.5) is 0 Å². The second-order valence-electron chi connectivity index (χ2n) is 5.67. The Bertz CT molecular complexity index is 650. The van der Waals surface area contributed by atoms with Gasteiger partial charge in [-0.05, 0) is 31.4 Å². The molecule has 0 aliphatic carbocycles. The molecular weight excluding hydrogens is 328 g/mol. The molecule has 1 saturated heterocycles. The largest absolute Gasteiger partial charge is 0.461 e. The van der Waals surface area contributed by atoms with Gasteiger partial charge in [0.2, 0.25) is 11.7 Å². The zero-order valence-electron chi connectivity index (χ0n) is 13.7. The van der Waals surface area contributed by atoms with Crippen molar-refractivity contribution in [3.05, 3.63) is 18.4 Å². The van der Waals surface area contributed by atoms with E-state index in [4.69, 9.17) is 9.15 Å². The van der Waals surface area contributed by atoms with Crippen molar-refractivity contribution >= 4 is 17.7 Å². The van der Waals surface area contributed by atoms with Gasteiger partial charge in [-0.2, -0.15) is 0 Å². The Kier molecular flexibility index (Phi) is 5.92. The Morgan fingerprint density at radius 3 is 3.12 bits per heavy atom. The summed E-state index contributed by atoms with van der Waals surface area (Å²) in [4.78, 5) is 11.8. The maximum atomic E-state index is 11.8. The molecule has 0 spiro atoms. The Balaban J connectivity index is 1.73. The van der Waals surface area contributed by atoms with Crippen molar-refractivity contribution in [3.63, 3.8) is 0 Å². The van der Waals surface area contributed by atoms with Crippen LogP contribution in [0.5, 0.6) is 0 Å². The number of hydrogen-bond acceptors (Lipinski definition) is 6. The average molecular weight is 350 g/mol. The van der Waals surface area contributed by atoms with E-state index in [1.165, 1.54) is 11.8 Å². The van der Waals surface area contributed by atoms with E-state index >= 15 is 0 Å². The van der Waals surface area contributed by atoms with Gasteiger partial charge < -0.3 is 14.5 Å². The molecule has 1 N–H and O–H groups in total. The number of nitrogens with one attached hydrogen (secondary N) is 1. The molecule has 3 heterocycles. The molecule has 1 aliphatic heterocycles. The molecule has 2 aromatic heterocycles. The summed E-state index contributed by atoms with van der Waals surface area (Å²) in [5, 5.41) is 12.1. The van der Waals surface area contributed by atoms with Gasteiger partial charge in [0.05, 0.1) is 24.7 Å². The van der Waals surface area contributed by atoms with Crippen molar-refractivity contribution in [1.29, 1.82) is 0 Å². The van der Waals surface area contributed by atoms with E-state index in [1.807, 2.05) is 23.6 Å². The first kappa shape index (κ1) is 17.0. The molecule has 0 aromatic carbocycles. The third-order valence-corrected chi connectivity index (χ3v) is 4.74. The average Bonchev–Trinajstić information content (AvgIpc) is 3.33. The van der Waals surface area contributed by atoms with E-state index in [2.05, 4.69) is 15.5 Å². The molecule has 7 nitrogen and oxygen atoms in total. The molecule has 130 valence electrons. The van der Waals surface area contributed by atoms with Crippen LogP contribution in [0.3, 0.4) is 0 Å². The van der Waals surface area contributed by atoms with Gasteiger partial charge in [-0.15, -0.1) is 10.2 Å². The number of thioether (sulfide) groups is 1. The Morgan fingerprint density at radius 2 is 2.42 bits per heavy atom. The van der Waals surface area contributed by atoms with Gasteiger partial charge in [0.1, 0.15) is 0 Å². The van der Waals surface area contributed by atoms with Crippen LogP contribution in [0.2, 0.25) is 0 Å². The van der Waals surface area contributed by atoms with E-state index in [0.29, 0.717) is 35.6 Å². The molecule has 1 atom stereocenters. The number of hydrogen-bond donors (Lipinski definition) is 1. The molecule has 1 fully saturated rings. The summed E-state index contributed by atoms with van der Waals surface area (Å²) < 4.78 is 13.2. The first-order valence-corrected chi connectivity index (χ1v) is 9.24. The van der Waals surface area contributed by atoms with Crippen LogP contribution >= 0.6 is 11.8 Å². The highest BCUT2D eigenvalue weighted by Crippen LogP contribution is 2.26. The van der Waals surface area contributed by atoms with E-state index in [9.17, 15) is 4.79 Å². The molecule has 3 rings (SSSR count). The summed E-state index contributed by atoms with van der Waals surface area (Å²) in [6, 6.07) is 3.68. The predicted octanol–water partition coefficient (Wildman–Crippen LogP) is 2.34. The zero-order valence-corrected chi connectivity index (χ0v) is 14.6. The van der Waals surface area contributed by atoms with Crippen LogP contribution in [0, 0.1) is 0 Å². The van der Waals surface area contributed by atoms with E-state index in [-0.39, 0.29) is 12.0 Å². The minimum atomic E-state index is 0.00747. The molecule has 0 radical (unpaired) electrons. The molecule has 1 amide bonds. The molecule has 8 heteroatoms. The minimum Gasteiger partial charge on any atom is -0.461 e. The number of ether oxygens (including phenoxy) is 1. The lowest BCUT2D eigenvalue weighted by atomic mass is 10.2. The third-order valence-electron chi connectivity index (χ3n) is 3.77. The number of rotatable bonds is 8. The van der Waals surface area contributed by atoms with Gasteiger partial charge in [0.25, 0.3) is 0 Å². The Labute approximate surface area is 145 Å². The molecule has 1 aliphatic rings. The third kappa shape index (κ3) is 4.18. The molecule has 1 unspecified atom stereocenters. The lowest BCUT2D eigenvalue weighted by molar-refractivity contribution is -0.118. The number of furan rings is 1. The normalized spacial score (nSPS) is 17.3. The van der Waals surface area contributed by atoms with Crippen LogP contribution in [0.1, 0.15) is 26.2 Å². The topological polar surface area (TPSA) is 82.2 Å². The summed E-state index contributed by atoms with van der Waals surface area (Å²) in [5.74, 6) is 1.67. The number of carbonyl (C=O) groups excluding carboxylic acids is 1. The zero-order chi connectivity index (χ0) is 16.8. The van der Waals surface area contributed by atoms with Gasteiger partial charge in [-0.3, -0.25) is 9.36 Å². The SMILES string of the molecule is CCCNC(=O)CSc1nnc(-c2ccco2)n1CC1CCCO1. The summed E-state index contributed by atoms with van der Waals surface area (Å²) in [5.41, 5.74) is 0. The second-order valence-corrected chi connectivity index (χ2v) is 6.61. The number of nitrogens with zero attached hydrogens (tertiary/aromatic N) is 3. The fraction of sp³-hybridized carbons (Fsp3) is 0.562. The Hall–Kier alpha value is -1.80. The lowest BCUT2D eigenvalue weighted by Gasteiger charge is -2.13. The van der Waals surface area contributed by atoms with Crippen molar-refractivity contribution in [2.45, 2.75) is 44.0 Å². The fourth-order valence-corrected chi connectivity index (χ4v) is 3.36. The van der Waals surface area contributed by atoms with E-state index in [1.54, 1.807) is 6.26 Å². The van der Waals surface area contributed by atoms with Gasteiger partial charge in [-0.25, -0.2) is 0 Å². The van der Waals surface area contributed by atoms with Crippen molar-refractivity contribution in [1.82, 2.24) is 20.1 Å². The van der Waals surface area contributed by atoms with Gasteiger partial charge in [0, 0.05) is 13.2 Å². The fourth-order valence-electron chi connectivity index (χ4n) is 2.59. The van der Waals surface area contributed by atoms with Crippen molar-refractivity contribution in [2.24, 2.45) is 0 Å². The quantitative estimate of drug-likeness (QED) is 0.736. The number of carbonyl (C=O) groups is 1. The van der Waals surface area contributed by atoms with E-state index in [0.717, 1.165) is 25.9 Å². The molecule has 24 heavy (non-hydrogen) atoms. The van der Waals surface area contributed by atoms with Gasteiger partial charge in [-0.1, -0.05) is 18.7 Å². The van der Waals surface area contributed by atoms with Crippen LogP contribution in [-0.4, -0.2) is 45.7 Å². The van der Waals surface area contributed by atoms with Crippen LogP contribution in [-0.2, 0) is 16.1 Å². The van der Waals surface area contributed by atoms with Gasteiger partial charge in [0.15, 0.2) is 10.9 Å². The van der Waals surface area contributed by atoms with E-state index < -0.39 is 0 Å². The highest BCUT2D eigenvalue weighted by Gasteiger charge is 2.23. The van der Waals surface area contributed by atoms with Crippen LogP contribution in [0.25, 0.3) is 11.6 Å². The second kappa shape index (κ2) is 8.34. The first-order valence-electron chi connectivity index (χ1n) is 8.26. The highest BCUT2D eigenvalue weighted by molar-refractivity contribution is 7.99. The minimum absolute atomic E-state index is 0.00747. The smallest absolute Gasteiger partial charge is 0.230 e. The first-order chi connectivity index (χ1) is 11.8. The summed E-state index contributed by atoms with van der Waals surface area (Å²) in [6.45, 7) is 4.19. The standard InChI is InChI=1S/C16H22N4O3S/c1-2-7-17-14(21)11-24-16-19-18-15(13-6-4-9-23-13)20(16)10-12-5-3-8-22-12/h4,6,9,12H,2-3,5,7-8,10-11H2,1H3,(H,17,21). The lowest BCUT2D eigenvalue weighted by Crippen LogP contribution is -2.26. The number of aromatic nitrogens is 3. The molecule has 2 aromatic rings. The maximum Gasteiger partial charge on any atom is 0.230 e.